The highest BCUT2D eigenvalue weighted by molar-refractivity contribution is 7.81. The third-order valence-corrected chi connectivity index (χ3v) is 2.01. The number of thiol groups is 1. The van der Waals surface area contributed by atoms with Gasteiger partial charge in [-0.15, -0.1) is 0 Å². The molecule has 1 aliphatic rings. The van der Waals surface area contributed by atoms with Crippen LogP contribution in [0.25, 0.3) is 0 Å². The van der Waals surface area contributed by atoms with Crippen molar-refractivity contribution in [3.05, 3.63) is 0 Å². The van der Waals surface area contributed by atoms with Crippen LogP contribution in [0.15, 0.2) is 0 Å². The Balaban J connectivity index is 2.49. The molecule has 0 aromatic carbocycles. The molecule has 2 N–H and O–H groups in total. The van der Waals surface area contributed by atoms with Gasteiger partial charge >= 0.3 is 5.97 Å². The lowest BCUT2D eigenvalue weighted by Crippen LogP contribution is -2.35. The van der Waals surface area contributed by atoms with E-state index >= 15 is 0 Å². The Morgan fingerprint density at radius 2 is 2.44 bits per heavy atom. The van der Waals surface area contributed by atoms with E-state index in [1.165, 1.54) is 0 Å². The molecule has 9 heavy (non-hydrogen) atoms. The molecule has 1 rings (SSSR count). The Morgan fingerprint density at radius 1 is 1.78 bits per heavy atom. The second-order valence-electron chi connectivity index (χ2n) is 2.13. The van der Waals surface area contributed by atoms with Crippen molar-refractivity contribution in [1.82, 2.24) is 5.32 Å². The molecule has 0 saturated carbocycles. The van der Waals surface area contributed by atoms with Gasteiger partial charge in [-0.3, -0.25) is 4.79 Å². The van der Waals surface area contributed by atoms with Gasteiger partial charge in [-0.2, -0.15) is 12.6 Å². The fraction of sp³-hybridized carbons (Fsp3) is 0.800. The third kappa shape index (κ3) is 1.37. The average molecular weight is 147 g/mol. The summed E-state index contributed by atoms with van der Waals surface area (Å²) in [5.74, 6) is -0.799. The molecular formula is C5H9NO2S. The van der Waals surface area contributed by atoms with E-state index in [2.05, 4.69) is 17.9 Å². The fourth-order valence-corrected chi connectivity index (χ4v) is 1.30. The Morgan fingerprint density at radius 3 is 2.67 bits per heavy atom. The molecule has 3 nitrogen and oxygen atoms in total. The second-order valence-corrected chi connectivity index (χ2v) is 2.79. The first kappa shape index (κ1) is 6.89. The molecule has 0 radical (unpaired) electrons. The highest BCUT2D eigenvalue weighted by Gasteiger charge is 2.29. The van der Waals surface area contributed by atoms with Crippen LogP contribution in [0.1, 0.15) is 6.42 Å². The normalized spacial score (nSPS) is 34.8. The summed E-state index contributed by atoms with van der Waals surface area (Å²) in [6, 6.07) is -0.437. The van der Waals surface area contributed by atoms with E-state index in [0.29, 0.717) is 0 Å². The standard InChI is InChI=1S/C5H9NO2S/c7-5(8)4-3(9)1-2-6-4/h3-4,6,9H,1-2H2,(H,7,8)/t3-,4-/m0/s1. The molecule has 1 aliphatic heterocycles. The van der Waals surface area contributed by atoms with Gasteiger partial charge in [0.1, 0.15) is 6.04 Å². The molecule has 0 unspecified atom stereocenters. The van der Waals surface area contributed by atoms with Crippen LogP contribution in [-0.4, -0.2) is 28.9 Å². The van der Waals surface area contributed by atoms with E-state index in [9.17, 15) is 4.79 Å². The van der Waals surface area contributed by atoms with Crippen LogP contribution in [-0.2, 0) is 4.79 Å². The van der Waals surface area contributed by atoms with E-state index < -0.39 is 12.0 Å². The third-order valence-electron chi connectivity index (χ3n) is 1.46. The summed E-state index contributed by atoms with van der Waals surface area (Å²) in [5.41, 5.74) is 0. The molecule has 0 aliphatic carbocycles. The first-order chi connectivity index (χ1) is 4.22. The van der Waals surface area contributed by atoms with E-state index in [4.69, 9.17) is 5.11 Å². The smallest absolute Gasteiger partial charge is 0.321 e. The fourth-order valence-electron chi connectivity index (χ4n) is 0.941. The van der Waals surface area contributed by atoms with E-state index in [0.717, 1.165) is 13.0 Å². The van der Waals surface area contributed by atoms with Crippen molar-refractivity contribution in [1.29, 1.82) is 0 Å². The molecule has 0 spiro atoms. The van der Waals surface area contributed by atoms with Crippen molar-refractivity contribution in [2.24, 2.45) is 0 Å². The molecule has 1 heterocycles. The maximum Gasteiger partial charge on any atom is 0.321 e. The molecule has 0 bridgehead atoms. The lowest BCUT2D eigenvalue weighted by atomic mass is 10.2. The maximum atomic E-state index is 10.3. The zero-order valence-electron chi connectivity index (χ0n) is 4.87. The quantitative estimate of drug-likeness (QED) is 0.447. The van der Waals surface area contributed by atoms with E-state index in [1.807, 2.05) is 0 Å². The molecule has 0 aromatic heterocycles. The van der Waals surface area contributed by atoms with Crippen LogP contribution in [0.3, 0.4) is 0 Å². The molecule has 4 heteroatoms. The highest BCUT2D eigenvalue weighted by atomic mass is 32.1. The van der Waals surface area contributed by atoms with Crippen LogP contribution >= 0.6 is 12.6 Å². The average Bonchev–Trinajstić information content (AvgIpc) is 2.13. The molecule has 52 valence electrons. The highest BCUT2D eigenvalue weighted by Crippen LogP contribution is 2.12. The summed E-state index contributed by atoms with van der Waals surface area (Å²) in [7, 11) is 0. The minimum atomic E-state index is -0.799. The van der Waals surface area contributed by atoms with Crippen molar-refractivity contribution >= 4 is 18.6 Å². The summed E-state index contributed by atoms with van der Waals surface area (Å²) in [5, 5.41) is 11.3. The molecule has 2 atom stereocenters. The number of aliphatic carboxylic acids is 1. The second kappa shape index (κ2) is 2.58. The Labute approximate surface area is 58.9 Å². The van der Waals surface area contributed by atoms with Gasteiger partial charge in [0.2, 0.25) is 0 Å². The van der Waals surface area contributed by atoms with Gasteiger partial charge in [0, 0.05) is 5.25 Å². The van der Waals surface area contributed by atoms with E-state index in [1.54, 1.807) is 0 Å². The molecule has 0 amide bonds. The van der Waals surface area contributed by atoms with Gasteiger partial charge in [0.15, 0.2) is 0 Å². The van der Waals surface area contributed by atoms with Crippen molar-refractivity contribution in [3.8, 4) is 0 Å². The topological polar surface area (TPSA) is 49.3 Å². The van der Waals surface area contributed by atoms with Gasteiger partial charge in [0.05, 0.1) is 0 Å². The van der Waals surface area contributed by atoms with Gasteiger partial charge in [-0.25, -0.2) is 0 Å². The first-order valence-electron chi connectivity index (χ1n) is 2.86. The summed E-state index contributed by atoms with van der Waals surface area (Å²) in [6.45, 7) is 0.769. The Hall–Kier alpha value is -0.220. The zero-order valence-corrected chi connectivity index (χ0v) is 5.77. The molecular weight excluding hydrogens is 138 g/mol. The Kier molecular flexibility index (Phi) is 1.97. The van der Waals surface area contributed by atoms with Crippen LogP contribution in [0.5, 0.6) is 0 Å². The minimum absolute atomic E-state index is 0.0116. The number of hydrogen-bond donors (Lipinski definition) is 3. The number of nitrogens with one attached hydrogen (secondary N) is 1. The van der Waals surface area contributed by atoms with Gasteiger partial charge in [-0.1, -0.05) is 0 Å². The monoisotopic (exact) mass is 147 g/mol. The van der Waals surface area contributed by atoms with Gasteiger partial charge in [-0.05, 0) is 13.0 Å². The summed E-state index contributed by atoms with van der Waals surface area (Å²) >= 11 is 4.08. The summed E-state index contributed by atoms with van der Waals surface area (Å²) in [4.78, 5) is 10.3. The number of hydrogen-bond acceptors (Lipinski definition) is 3. The largest absolute Gasteiger partial charge is 0.480 e. The lowest BCUT2D eigenvalue weighted by Gasteiger charge is -2.07. The molecule has 1 fully saturated rings. The minimum Gasteiger partial charge on any atom is -0.480 e. The number of carboxylic acids is 1. The maximum absolute atomic E-state index is 10.3. The molecule has 0 aromatic rings. The van der Waals surface area contributed by atoms with Crippen molar-refractivity contribution in [2.45, 2.75) is 17.7 Å². The van der Waals surface area contributed by atoms with Crippen molar-refractivity contribution in [3.63, 3.8) is 0 Å². The van der Waals surface area contributed by atoms with Crippen LogP contribution in [0, 0.1) is 0 Å². The first-order valence-corrected chi connectivity index (χ1v) is 3.37. The van der Waals surface area contributed by atoms with Crippen LogP contribution in [0.4, 0.5) is 0 Å². The number of rotatable bonds is 1. The van der Waals surface area contributed by atoms with Crippen LogP contribution in [0.2, 0.25) is 0 Å². The van der Waals surface area contributed by atoms with Crippen molar-refractivity contribution < 1.29 is 9.90 Å². The zero-order chi connectivity index (χ0) is 6.85. The van der Waals surface area contributed by atoms with Gasteiger partial charge in [0.25, 0.3) is 0 Å². The summed E-state index contributed by atoms with van der Waals surface area (Å²) in [6.07, 6.45) is 0.847. The van der Waals surface area contributed by atoms with Gasteiger partial charge < -0.3 is 10.4 Å². The Bertz CT molecular complexity index is 128. The number of carbonyl (C=O) groups is 1. The SMILES string of the molecule is O=C(O)[C@H]1NCC[C@@H]1S. The predicted molar refractivity (Wildman–Crippen MR) is 36.8 cm³/mol. The van der Waals surface area contributed by atoms with E-state index in [-0.39, 0.29) is 5.25 Å². The van der Waals surface area contributed by atoms with Crippen molar-refractivity contribution in [2.75, 3.05) is 6.54 Å². The number of carboxylic acid groups (broad SMARTS) is 1. The molecule has 1 saturated heterocycles. The lowest BCUT2D eigenvalue weighted by molar-refractivity contribution is -0.138. The van der Waals surface area contributed by atoms with Crippen LogP contribution < -0.4 is 5.32 Å². The summed E-state index contributed by atoms with van der Waals surface area (Å²) < 4.78 is 0. The predicted octanol–water partition coefficient (Wildman–Crippen LogP) is -0.269.